The van der Waals surface area contributed by atoms with E-state index >= 15 is 0 Å². The molecule has 5 rings (SSSR count). The summed E-state index contributed by atoms with van der Waals surface area (Å²) in [5, 5.41) is 14.8. The number of aromatic amines is 2. The van der Waals surface area contributed by atoms with E-state index in [4.69, 9.17) is 0 Å². The van der Waals surface area contributed by atoms with Gasteiger partial charge in [0.2, 0.25) is 0 Å². The molecule has 0 radical (unpaired) electrons. The second kappa shape index (κ2) is 5.66. The molecule has 0 aliphatic heterocycles. The molecule has 7 nitrogen and oxygen atoms in total. The number of benzene rings is 2. The van der Waals surface area contributed by atoms with Crippen LogP contribution in [0.1, 0.15) is 11.3 Å². The zero-order valence-electron chi connectivity index (χ0n) is 14.0. The van der Waals surface area contributed by atoms with E-state index in [2.05, 4.69) is 41.7 Å². The molecule has 0 aliphatic rings. The molecule has 0 saturated carbocycles. The molecule has 2 aromatic carbocycles. The number of hydrazone groups is 1. The van der Waals surface area contributed by atoms with Crippen LogP contribution in [0.3, 0.4) is 0 Å². The minimum Gasteiger partial charge on any atom is -0.358 e. The predicted molar refractivity (Wildman–Crippen MR) is 103 cm³/mol. The first-order valence-electron chi connectivity index (χ1n) is 8.27. The standard InChI is InChI=1S/C19H15N7/c1-11-14(12-6-2-4-8-15(12)21-11)10-20-25-19-23-18-17(24-26-19)13-7-3-5-9-16(13)22-18/h2-10,21H,1H3,(H2,22,23,25,26). The first-order valence-corrected chi connectivity index (χ1v) is 8.27. The third-order valence-corrected chi connectivity index (χ3v) is 4.42. The van der Waals surface area contributed by atoms with Gasteiger partial charge >= 0.3 is 0 Å². The lowest BCUT2D eigenvalue weighted by Crippen LogP contribution is -1.99. The summed E-state index contributed by atoms with van der Waals surface area (Å²) in [6.45, 7) is 2.02. The van der Waals surface area contributed by atoms with Crippen molar-refractivity contribution in [2.24, 2.45) is 5.10 Å². The number of para-hydroxylation sites is 2. The minimum atomic E-state index is 0.345. The SMILES string of the molecule is Cc1[nH]c2ccccc2c1C=NNc1nnc2c(n1)[nH]c1ccccc12. The number of aryl methyl sites for hydroxylation is 1. The Morgan fingerprint density at radius 3 is 2.50 bits per heavy atom. The average Bonchev–Trinajstić information content (AvgIpc) is 3.18. The summed E-state index contributed by atoms with van der Waals surface area (Å²) >= 11 is 0. The van der Waals surface area contributed by atoms with Crippen LogP contribution in [0.5, 0.6) is 0 Å². The van der Waals surface area contributed by atoms with Gasteiger partial charge in [-0.3, -0.25) is 0 Å². The highest BCUT2D eigenvalue weighted by molar-refractivity contribution is 6.03. The highest BCUT2D eigenvalue weighted by Gasteiger charge is 2.08. The average molecular weight is 341 g/mol. The van der Waals surface area contributed by atoms with Gasteiger partial charge in [-0.05, 0) is 19.1 Å². The summed E-state index contributed by atoms with van der Waals surface area (Å²) in [7, 11) is 0. The second-order valence-corrected chi connectivity index (χ2v) is 6.08. The third kappa shape index (κ3) is 2.29. The second-order valence-electron chi connectivity index (χ2n) is 6.08. The molecular formula is C19H15N7. The van der Waals surface area contributed by atoms with Crippen LogP contribution in [-0.2, 0) is 0 Å². The molecule has 126 valence electrons. The molecule has 0 bridgehead atoms. The minimum absolute atomic E-state index is 0.345. The maximum absolute atomic E-state index is 4.45. The third-order valence-electron chi connectivity index (χ3n) is 4.42. The summed E-state index contributed by atoms with van der Waals surface area (Å²) in [5.74, 6) is 0.345. The van der Waals surface area contributed by atoms with E-state index < -0.39 is 0 Å². The van der Waals surface area contributed by atoms with Crippen molar-refractivity contribution in [1.29, 1.82) is 0 Å². The van der Waals surface area contributed by atoms with Gasteiger partial charge in [-0.25, -0.2) is 5.43 Å². The van der Waals surface area contributed by atoms with Gasteiger partial charge in [-0.1, -0.05) is 36.4 Å². The fraction of sp³-hybridized carbons (Fsp3) is 0.0526. The fourth-order valence-electron chi connectivity index (χ4n) is 3.19. The van der Waals surface area contributed by atoms with Gasteiger partial charge in [0.1, 0.15) is 5.52 Å². The first kappa shape index (κ1) is 14.6. The molecule has 3 heterocycles. The Kier molecular flexibility index (Phi) is 3.18. The smallest absolute Gasteiger partial charge is 0.265 e. The lowest BCUT2D eigenvalue weighted by Gasteiger charge is -1.97. The maximum Gasteiger partial charge on any atom is 0.265 e. The number of hydrogen-bond donors (Lipinski definition) is 3. The van der Waals surface area contributed by atoms with Crippen LogP contribution < -0.4 is 5.43 Å². The molecule has 26 heavy (non-hydrogen) atoms. The molecule has 7 heteroatoms. The van der Waals surface area contributed by atoms with Crippen molar-refractivity contribution < 1.29 is 0 Å². The Labute approximate surface area is 148 Å². The van der Waals surface area contributed by atoms with Crippen molar-refractivity contribution in [3.8, 4) is 0 Å². The van der Waals surface area contributed by atoms with Crippen molar-refractivity contribution in [3.05, 3.63) is 59.8 Å². The summed E-state index contributed by atoms with van der Waals surface area (Å²) in [5.41, 5.74) is 8.46. The summed E-state index contributed by atoms with van der Waals surface area (Å²) in [6.07, 6.45) is 1.77. The van der Waals surface area contributed by atoms with E-state index in [-0.39, 0.29) is 0 Å². The van der Waals surface area contributed by atoms with Gasteiger partial charge in [0, 0.05) is 33.1 Å². The molecule has 0 aliphatic carbocycles. The fourth-order valence-corrected chi connectivity index (χ4v) is 3.19. The molecule has 0 spiro atoms. The van der Waals surface area contributed by atoms with E-state index in [0.717, 1.165) is 38.6 Å². The number of aromatic nitrogens is 5. The zero-order valence-corrected chi connectivity index (χ0v) is 14.0. The molecule has 0 amide bonds. The largest absolute Gasteiger partial charge is 0.358 e. The van der Waals surface area contributed by atoms with Gasteiger partial charge in [0.25, 0.3) is 5.95 Å². The Hall–Kier alpha value is -3.74. The Morgan fingerprint density at radius 1 is 0.923 bits per heavy atom. The highest BCUT2D eigenvalue weighted by atomic mass is 15.4. The number of H-pyrrole nitrogens is 2. The van der Waals surface area contributed by atoms with Crippen molar-refractivity contribution in [1.82, 2.24) is 25.1 Å². The van der Waals surface area contributed by atoms with E-state index in [0.29, 0.717) is 11.6 Å². The molecule has 0 saturated heterocycles. The van der Waals surface area contributed by atoms with Crippen molar-refractivity contribution in [2.45, 2.75) is 6.92 Å². The molecule has 0 unspecified atom stereocenters. The van der Waals surface area contributed by atoms with Crippen LogP contribution >= 0.6 is 0 Å². The Balaban J connectivity index is 1.46. The van der Waals surface area contributed by atoms with Crippen LogP contribution in [0.15, 0.2) is 53.6 Å². The van der Waals surface area contributed by atoms with Crippen LogP contribution in [0, 0.1) is 6.92 Å². The number of nitrogens with zero attached hydrogens (tertiary/aromatic N) is 4. The number of rotatable bonds is 3. The molecule has 3 N–H and O–H groups in total. The normalized spacial score (nSPS) is 11.9. The zero-order chi connectivity index (χ0) is 17.5. The highest BCUT2D eigenvalue weighted by Crippen LogP contribution is 2.22. The predicted octanol–water partition coefficient (Wildman–Crippen LogP) is 3.74. The number of hydrogen-bond acceptors (Lipinski definition) is 5. The Morgan fingerprint density at radius 2 is 1.65 bits per heavy atom. The van der Waals surface area contributed by atoms with Gasteiger partial charge in [-0.15, -0.1) is 10.2 Å². The maximum atomic E-state index is 4.45. The number of anilines is 1. The molecule has 5 aromatic rings. The summed E-state index contributed by atoms with van der Waals surface area (Å²) < 4.78 is 0. The summed E-state index contributed by atoms with van der Waals surface area (Å²) in [4.78, 5) is 11.0. The first-order chi connectivity index (χ1) is 12.8. The Bertz CT molecular complexity index is 1280. The summed E-state index contributed by atoms with van der Waals surface area (Å²) in [6, 6.07) is 16.1. The lowest BCUT2D eigenvalue weighted by atomic mass is 10.1. The lowest BCUT2D eigenvalue weighted by molar-refractivity contribution is 1.01. The van der Waals surface area contributed by atoms with E-state index in [1.807, 2.05) is 49.4 Å². The van der Waals surface area contributed by atoms with E-state index in [9.17, 15) is 0 Å². The van der Waals surface area contributed by atoms with Gasteiger partial charge in [0.05, 0.1) is 6.21 Å². The monoisotopic (exact) mass is 341 g/mol. The van der Waals surface area contributed by atoms with Gasteiger partial charge in [-0.2, -0.15) is 10.1 Å². The van der Waals surface area contributed by atoms with Gasteiger partial charge in [0.15, 0.2) is 5.65 Å². The molecule has 0 atom stereocenters. The van der Waals surface area contributed by atoms with Crippen molar-refractivity contribution in [2.75, 3.05) is 5.43 Å². The van der Waals surface area contributed by atoms with Gasteiger partial charge < -0.3 is 9.97 Å². The molecule has 0 fully saturated rings. The number of nitrogens with one attached hydrogen (secondary N) is 3. The van der Waals surface area contributed by atoms with Crippen molar-refractivity contribution >= 4 is 45.1 Å². The van der Waals surface area contributed by atoms with Crippen molar-refractivity contribution in [3.63, 3.8) is 0 Å². The van der Waals surface area contributed by atoms with Crippen LogP contribution in [-0.4, -0.2) is 31.4 Å². The molecule has 3 aromatic heterocycles. The quantitative estimate of drug-likeness (QED) is 0.344. The van der Waals surface area contributed by atoms with Crippen LogP contribution in [0.4, 0.5) is 5.95 Å². The van der Waals surface area contributed by atoms with E-state index in [1.165, 1.54) is 0 Å². The van der Waals surface area contributed by atoms with Crippen LogP contribution in [0.2, 0.25) is 0 Å². The number of fused-ring (bicyclic) bond motifs is 4. The topological polar surface area (TPSA) is 94.6 Å². The molecular weight excluding hydrogens is 326 g/mol. The van der Waals surface area contributed by atoms with E-state index in [1.54, 1.807) is 6.21 Å². The van der Waals surface area contributed by atoms with Crippen LogP contribution in [0.25, 0.3) is 33.0 Å².